The first-order valence-corrected chi connectivity index (χ1v) is 9.47. The number of aliphatic hydroxyl groups is 1. The number of benzene rings is 2. The van der Waals surface area contributed by atoms with Gasteiger partial charge in [0.1, 0.15) is 11.5 Å². The Balaban J connectivity index is 1.80. The molecule has 8 heteroatoms. The summed E-state index contributed by atoms with van der Waals surface area (Å²) in [5.74, 6) is -0.687. The standard InChI is InChI=1S/C22H21NO7/c1-28-10-2-9-23-19(13-3-6-15(24)7-4-13)18(21(26)22(23)27)20(25)14-5-8-16-17(11-14)30-12-29-16/h3-8,11,19,24-25H,2,9-10,12H2,1H3/b20-18-. The molecule has 2 aliphatic heterocycles. The van der Waals surface area contributed by atoms with Gasteiger partial charge in [0.2, 0.25) is 6.79 Å². The van der Waals surface area contributed by atoms with Crippen LogP contribution in [0.25, 0.3) is 5.76 Å². The van der Waals surface area contributed by atoms with Crippen LogP contribution in [0.15, 0.2) is 48.0 Å². The summed E-state index contributed by atoms with van der Waals surface area (Å²) in [5, 5.41) is 20.7. The van der Waals surface area contributed by atoms with E-state index in [9.17, 15) is 19.8 Å². The number of ketones is 1. The highest BCUT2D eigenvalue weighted by Gasteiger charge is 2.45. The fraction of sp³-hybridized carbons (Fsp3) is 0.273. The number of likely N-dealkylation sites (tertiary alicyclic amines) is 1. The molecule has 0 radical (unpaired) electrons. The summed E-state index contributed by atoms with van der Waals surface area (Å²) in [6.07, 6.45) is 0.530. The van der Waals surface area contributed by atoms with Crippen molar-refractivity contribution >= 4 is 17.4 Å². The number of amides is 1. The zero-order valence-corrected chi connectivity index (χ0v) is 16.3. The lowest BCUT2D eigenvalue weighted by Crippen LogP contribution is -2.31. The lowest BCUT2D eigenvalue weighted by molar-refractivity contribution is -0.140. The van der Waals surface area contributed by atoms with Crippen molar-refractivity contribution in [1.82, 2.24) is 4.90 Å². The van der Waals surface area contributed by atoms with Crippen molar-refractivity contribution in [2.24, 2.45) is 0 Å². The molecule has 1 amide bonds. The first-order chi connectivity index (χ1) is 14.5. The van der Waals surface area contributed by atoms with Crippen LogP contribution in [0, 0.1) is 0 Å². The molecule has 0 bridgehead atoms. The number of hydrogen-bond donors (Lipinski definition) is 2. The zero-order chi connectivity index (χ0) is 21.3. The van der Waals surface area contributed by atoms with Crippen LogP contribution in [-0.2, 0) is 14.3 Å². The molecule has 2 aromatic rings. The predicted molar refractivity (Wildman–Crippen MR) is 106 cm³/mol. The molecule has 8 nitrogen and oxygen atoms in total. The van der Waals surface area contributed by atoms with Crippen LogP contribution >= 0.6 is 0 Å². The SMILES string of the molecule is COCCCN1C(=O)C(=O)/C(=C(\O)c2ccc3c(c2)OCO3)C1c1ccc(O)cc1. The van der Waals surface area contributed by atoms with E-state index in [4.69, 9.17) is 14.2 Å². The van der Waals surface area contributed by atoms with Crippen LogP contribution < -0.4 is 9.47 Å². The van der Waals surface area contributed by atoms with Crippen LogP contribution in [-0.4, -0.2) is 53.9 Å². The van der Waals surface area contributed by atoms with E-state index < -0.39 is 17.7 Å². The van der Waals surface area contributed by atoms with E-state index in [2.05, 4.69) is 0 Å². The molecule has 1 atom stereocenters. The molecule has 1 saturated heterocycles. The average molecular weight is 411 g/mol. The molecule has 2 aliphatic rings. The maximum absolute atomic E-state index is 12.9. The first kappa shape index (κ1) is 19.8. The Morgan fingerprint density at radius 2 is 1.87 bits per heavy atom. The molecule has 1 unspecified atom stereocenters. The molecule has 1 fully saturated rings. The van der Waals surface area contributed by atoms with Gasteiger partial charge in [-0.1, -0.05) is 12.1 Å². The Morgan fingerprint density at radius 1 is 1.13 bits per heavy atom. The van der Waals surface area contributed by atoms with Crippen molar-refractivity contribution in [3.63, 3.8) is 0 Å². The predicted octanol–water partition coefficient (Wildman–Crippen LogP) is 2.58. The van der Waals surface area contributed by atoms with Gasteiger partial charge >= 0.3 is 0 Å². The maximum Gasteiger partial charge on any atom is 0.295 e. The smallest absolute Gasteiger partial charge is 0.295 e. The Bertz CT molecular complexity index is 1010. The number of ether oxygens (including phenoxy) is 3. The van der Waals surface area contributed by atoms with Crippen molar-refractivity contribution in [2.75, 3.05) is 27.1 Å². The summed E-state index contributed by atoms with van der Waals surface area (Å²) in [5.41, 5.74) is 0.937. The van der Waals surface area contributed by atoms with E-state index in [0.29, 0.717) is 35.7 Å². The summed E-state index contributed by atoms with van der Waals surface area (Å²) < 4.78 is 15.7. The van der Waals surface area contributed by atoms with E-state index in [1.807, 2.05) is 0 Å². The van der Waals surface area contributed by atoms with Crippen LogP contribution in [0.3, 0.4) is 0 Å². The van der Waals surface area contributed by atoms with Gasteiger partial charge in [-0.25, -0.2) is 0 Å². The lowest BCUT2D eigenvalue weighted by atomic mass is 9.95. The monoisotopic (exact) mass is 411 g/mol. The third-order valence-corrected chi connectivity index (χ3v) is 5.14. The number of nitrogens with zero attached hydrogens (tertiary/aromatic N) is 1. The summed E-state index contributed by atoms with van der Waals surface area (Å²) in [7, 11) is 1.56. The average Bonchev–Trinajstić information content (AvgIpc) is 3.31. The van der Waals surface area contributed by atoms with Gasteiger partial charge in [0.05, 0.1) is 11.6 Å². The Morgan fingerprint density at radius 3 is 2.60 bits per heavy atom. The number of aromatic hydroxyl groups is 1. The Hall–Kier alpha value is -3.52. The van der Waals surface area contributed by atoms with E-state index in [0.717, 1.165) is 0 Å². The van der Waals surface area contributed by atoms with Gasteiger partial charge in [0.15, 0.2) is 11.5 Å². The number of carbonyl (C=O) groups excluding carboxylic acids is 2. The summed E-state index contributed by atoms with van der Waals surface area (Å²) in [6, 6.07) is 10.2. The van der Waals surface area contributed by atoms with Crippen LogP contribution in [0.1, 0.15) is 23.6 Å². The molecule has 0 aliphatic carbocycles. The summed E-state index contributed by atoms with van der Waals surface area (Å²) >= 11 is 0. The second kappa shape index (κ2) is 8.08. The van der Waals surface area contributed by atoms with Crippen molar-refractivity contribution < 1.29 is 34.0 Å². The van der Waals surface area contributed by atoms with E-state index in [1.165, 1.54) is 17.0 Å². The van der Waals surface area contributed by atoms with Crippen molar-refractivity contribution in [3.8, 4) is 17.2 Å². The quantitative estimate of drug-likeness (QED) is 0.326. The first-order valence-electron chi connectivity index (χ1n) is 9.47. The second-order valence-corrected chi connectivity index (χ2v) is 7.00. The number of rotatable bonds is 6. The number of Topliss-reactive ketones (excluding diaryl/α,β-unsaturated/α-hetero) is 1. The minimum atomic E-state index is -0.784. The van der Waals surface area contributed by atoms with Gasteiger partial charge in [-0.05, 0) is 42.3 Å². The largest absolute Gasteiger partial charge is 0.508 e. The molecule has 2 aromatic carbocycles. The van der Waals surface area contributed by atoms with E-state index in [1.54, 1.807) is 37.4 Å². The third kappa shape index (κ3) is 3.46. The van der Waals surface area contributed by atoms with Crippen LogP contribution in [0.5, 0.6) is 17.2 Å². The third-order valence-electron chi connectivity index (χ3n) is 5.14. The van der Waals surface area contributed by atoms with Crippen molar-refractivity contribution in [2.45, 2.75) is 12.5 Å². The highest BCUT2D eigenvalue weighted by molar-refractivity contribution is 6.46. The Kier molecular flexibility index (Phi) is 5.33. The van der Waals surface area contributed by atoms with E-state index >= 15 is 0 Å². The molecule has 0 spiro atoms. The zero-order valence-electron chi connectivity index (χ0n) is 16.3. The van der Waals surface area contributed by atoms with Gasteiger partial charge in [0.25, 0.3) is 11.7 Å². The normalized spacial score (nSPS) is 19.5. The summed E-state index contributed by atoms with van der Waals surface area (Å²) in [4.78, 5) is 27.1. The number of carbonyl (C=O) groups is 2. The molecular formula is C22H21NO7. The minimum absolute atomic E-state index is 0.0121. The molecule has 0 aromatic heterocycles. The molecule has 156 valence electrons. The molecule has 2 N–H and O–H groups in total. The van der Waals surface area contributed by atoms with Gasteiger partial charge in [-0.3, -0.25) is 9.59 Å². The van der Waals surface area contributed by atoms with Gasteiger partial charge in [-0.15, -0.1) is 0 Å². The van der Waals surface area contributed by atoms with Crippen LogP contribution in [0.2, 0.25) is 0 Å². The fourth-order valence-electron chi connectivity index (χ4n) is 3.69. The van der Waals surface area contributed by atoms with Crippen LogP contribution in [0.4, 0.5) is 0 Å². The van der Waals surface area contributed by atoms with E-state index in [-0.39, 0.29) is 30.4 Å². The number of hydrogen-bond acceptors (Lipinski definition) is 7. The number of phenols is 1. The molecule has 0 saturated carbocycles. The van der Waals surface area contributed by atoms with Crippen molar-refractivity contribution in [1.29, 1.82) is 0 Å². The molecule has 30 heavy (non-hydrogen) atoms. The molecule has 4 rings (SSSR count). The van der Waals surface area contributed by atoms with Gasteiger partial charge in [0, 0.05) is 25.8 Å². The van der Waals surface area contributed by atoms with Gasteiger partial charge < -0.3 is 29.3 Å². The second-order valence-electron chi connectivity index (χ2n) is 7.00. The number of aliphatic hydroxyl groups excluding tert-OH is 1. The fourth-order valence-corrected chi connectivity index (χ4v) is 3.69. The number of fused-ring (bicyclic) bond motifs is 1. The summed E-state index contributed by atoms with van der Waals surface area (Å²) in [6.45, 7) is 0.784. The van der Waals surface area contributed by atoms with Crippen molar-refractivity contribution in [3.05, 3.63) is 59.2 Å². The minimum Gasteiger partial charge on any atom is -0.508 e. The maximum atomic E-state index is 12.9. The molecular weight excluding hydrogens is 390 g/mol. The highest BCUT2D eigenvalue weighted by atomic mass is 16.7. The number of methoxy groups -OCH3 is 1. The lowest BCUT2D eigenvalue weighted by Gasteiger charge is -2.25. The van der Waals surface area contributed by atoms with Gasteiger partial charge in [-0.2, -0.15) is 0 Å². The molecule has 2 heterocycles. The Labute approximate surface area is 172 Å². The number of phenolic OH excluding ortho intramolecular Hbond substituents is 1. The highest BCUT2D eigenvalue weighted by Crippen LogP contribution is 2.41. The topological polar surface area (TPSA) is 106 Å².